The van der Waals surface area contributed by atoms with E-state index in [1.165, 1.54) is 17.8 Å². The third-order valence-corrected chi connectivity index (χ3v) is 4.58. The normalized spacial score (nSPS) is 21.3. The summed E-state index contributed by atoms with van der Waals surface area (Å²) in [5.74, 6) is 0.0101. The zero-order valence-corrected chi connectivity index (χ0v) is 12.2. The zero-order chi connectivity index (χ0) is 13.9. The van der Waals surface area contributed by atoms with Crippen molar-refractivity contribution >= 4 is 17.7 Å². The highest BCUT2D eigenvalue weighted by Crippen LogP contribution is 2.36. The van der Waals surface area contributed by atoms with Gasteiger partial charge in [-0.2, -0.15) is 0 Å². The van der Waals surface area contributed by atoms with Gasteiger partial charge in [0.2, 0.25) is 5.91 Å². The smallest absolute Gasteiger partial charge is 0.230 e. The van der Waals surface area contributed by atoms with E-state index in [1.54, 1.807) is 18.2 Å². The lowest BCUT2D eigenvalue weighted by Crippen LogP contribution is -2.34. The van der Waals surface area contributed by atoms with Crippen LogP contribution in [0.15, 0.2) is 29.2 Å². The molecule has 1 N–H and O–H groups in total. The van der Waals surface area contributed by atoms with Crippen molar-refractivity contribution in [2.45, 2.75) is 44.0 Å². The molecule has 4 heteroatoms. The number of hydrogen-bond acceptors (Lipinski definition) is 2. The predicted octanol–water partition coefficient (Wildman–Crippen LogP) is 3.61. The minimum Gasteiger partial charge on any atom is -0.353 e. The summed E-state index contributed by atoms with van der Waals surface area (Å²) >= 11 is 1.25. The molecule has 0 saturated heterocycles. The molecular formula is C15H20FNOS. The Morgan fingerprint density at radius 3 is 2.84 bits per heavy atom. The lowest BCUT2D eigenvalue weighted by atomic mass is 9.92. The molecule has 2 rings (SSSR count). The minimum atomic E-state index is -0.262. The average Bonchev–Trinajstić information content (AvgIpc) is 2.67. The van der Waals surface area contributed by atoms with Crippen LogP contribution in [0.5, 0.6) is 0 Å². The van der Waals surface area contributed by atoms with Crippen LogP contribution in [0.2, 0.25) is 0 Å². The molecule has 0 heterocycles. The van der Waals surface area contributed by atoms with Crippen molar-refractivity contribution in [2.24, 2.45) is 5.41 Å². The molecule has 1 amide bonds. The highest BCUT2D eigenvalue weighted by molar-refractivity contribution is 8.00. The van der Waals surface area contributed by atoms with Crippen LogP contribution >= 0.6 is 11.8 Å². The van der Waals surface area contributed by atoms with E-state index in [2.05, 4.69) is 19.2 Å². The zero-order valence-electron chi connectivity index (χ0n) is 11.4. The van der Waals surface area contributed by atoms with Crippen molar-refractivity contribution in [2.75, 3.05) is 5.75 Å². The number of benzene rings is 1. The van der Waals surface area contributed by atoms with Crippen molar-refractivity contribution in [3.05, 3.63) is 30.1 Å². The number of thioether (sulfide) groups is 1. The second kappa shape index (κ2) is 5.95. The third-order valence-electron chi connectivity index (χ3n) is 3.53. The Hall–Kier alpha value is -1.03. The fourth-order valence-electron chi connectivity index (χ4n) is 2.53. The Bertz CT molecular complexity index is 461. The summed E-state index contributed by atoms with van der Waals surface area (Å²) in [6.07, 6.45) is 3.23. The molecule has 1 aliphatic rings. The number of amides is 1. The van der Waals surface area contributed by atoms with E-state index < -0.39 is 0 Å². The number of halogens is 1. The molecular weight excluding hydrogens is 261 g/mol. The maximum Gasteiger partial charge on any atom is 0.230 e. The average molecular weight is 281 g/mol. The first-order valence-corrected chi connectivity index (χ1v) is 7.61. The number of rotatable bonds is 4. The van der Waals surface area contributed by atoms with Gasteiger partial charge in [-0.3, -0.25) is 4.79 Å². The van der Waals surface area contributed by atoms with E-state index in [-0.39, 0.29) is 23.5 Å². The third kappa shape index (κ3) is 4.23. The summed E-state index contributed by atoms with van der Waals surface area (Å²) in [7, 11) is 0. The van der Waals surface area contributed by atoms with Gasteiger partial charge in [0.15, 0.2) is 0 Å². The van der Waals surface area contributed by atoms with Crippen LogP contribution in [0.1, 0.15) is 33.1 Å². The van der Waals surface area contributed by atoms with E-state index >= 15 is 0 Å². The van der Waals surface area contributed by atoms with E-state index in [0.717, 1.165) is 19.3 Å². The Kier molecular flexibility index (Phi) is 4.50. The molecule has 0 bridgehead atoms. The molecule has 1 fully saturated rings. The van der Waals surface area contributed by atoms with Crippen LogP contribution in [0.4, 0.5) is 4.39 Å². The van der Waals surface area contributed by atoms with Gasteiger partial charge in [0.1, 0.15) is 5.82 Å². The Morgan fingerprint density at radius 1 is 1.47 bits per heavy atom. The lowest BCUT2D eigenvalue weighted by Gasteiger charge is -2.17. The quantitative estimate of drug-likeness (QED) is 0.854. The maximum absolute atomic E-state index is 13.4. The molecule has 0 spiro atoms. The second-order valence-corrected chi connectivity index (χ2v) is 6.91. The first kappa shape index (κ1) is 14.4. The monoisotopic (exact) mass is 281 g/mol. The topological polar surface area (TPSA) is 29.1 Å². The van der Waals surface area contributed by atoms with E-state index in [9.17, 15) is 9.18 Å². The first-order valence-electron chi connectivity index (χ1n) is 6.63. The Labute approximate surface area is 118 Å². The number of carbonyl (C=O) groups is 1. The summed E-state index contributed by atoms with van der Waals surface area (Å²) in [4.78, 5) is 12.4. The molecule has 19 heavy (non-hydrogen) atoms. The summed E-state index contributed by atoms with van der Waals surface area (Å²) in [5, 5.41) is 3.04. The standard InChI is InChI=1S/C15H20FNOS/c1-15(2)8-7-11(9-15)17-14(18)10-19-13-6-4-3-5-12(13)16/h3-6,11H,7-10H2,1-2H3,(H,17,18). The maximum atomic E-state index is 13.4. The van der Waals surface area contributed by atoms with E-state index in [1.807, 2.05) is 0 Å². The molecule has 104 valence electrons. The molecule has 2 nitrogen and oxygen atoms in total. The molecule has 1 aromatic carbocycles. The van der Waals surface area contributed by atoms with Gasteiger partial charge in [0, 0.05) is 10.9 Å². The fourth-order valence-corrected chi connectivity index (χ4v) is 3.28. The van der Waals surface area contributed by atoms with Crippen molar-refractivity contribution in [3.63, 3.8) is 0 Å². The van der Waals surface area contributed by atoms with Gasteiger partial charge >= 0.3 is 0 Å². The van der Waals surface area contributed by atoms with Gasteiger partial charge in [-0.15, -0.1) is 11.8 Å². The van der Waals surface area contributed by atoms with Gasteiger partial charge in [0.25, 0.3) is 0 Å². The molecule has 1 aliphatic carbocycles. The predicted molar refractivity (Wildman–Crippen MR) is 76.7 cm³/mol. The van der Waals surface area contributed by atoms with Crippen molar-refractivity contribution < 1.29 is 9.18 Å². The summed E-state index contributed by atoms with van der Waals surface area (Å²) in [5.41, 5.74) is 0.330. The number of carbonyl (C=O) groups excluding carboxylic acids is 1. The minimum absolute atomic E-state index is 0.00375. The van der Waals surface area contributed by atoms with E-state index in [0.29, 0.717) is 10.3 Å². The molecule has 0 aliphatic heterocycles. The molecule has 0 aromatic heterocycles. The van der Waals surface area contributed by atoms with Gasteiger partial charge in [-0.1, -0.05) is 26.0 Å². The fraction of sp³-hybridized carbons (Fsp3) is 0.533. The highest BCUT2D eigenvalue weighted by Gasteiger charge is 2.31. The van der Waals surface area contributed by atoms with Crippen molar-refractivity contribution in [3.8, 4) is 0 Å². The van der Waals surface area contributed by atoms with Crippen LogP contribution in [-0.2, 0) is 4.79 Å². The highest BCUT2D eigenvalue weighted by atomic mass is 32.2. The largest absolute Gasteiger partial charge is 0.353 e. The summed E-state index contributed by atoms with van der Waals surface area (Å²) in [6.45, 7) is 4.46. The van der Waals surface area contributed by atoms with Crippen LogP contribution in [0.3, 0.4) is 0 Å². The van der Waals surface area contributed by atoms with E-state index in [4.69, 9.17) is 0 Å². The van der Waals surface area contributed by atoms with Gasteiger partial charge in [-0.05, 0) is 36.8 Å². The SMILES string of the molecule is CC1(C)CCC(NC(=O)CSc2ccccc2F)C1. The second-order valence-electron chi connectivity index (χ2n) is 5.89. The van der Waals surface area contributed by atoms with Crippen LogP contribution < -0.4 is 5.32 Å². The molecule has 1 unspecified atom stereocenters. The molecule has 0 radical (unpaired) electrons. The van der Waals surface area contributed by atoms with Crippen molar-refractivity contribution in [1.29, 1.82) is 0 Å². The molecule has 1 aromatic rings. The Balaban J connectivity index is 1.78. The molecule has 1 saturated carbocycles. The van der Waals surface area contributed by atoms with Crippen LogP contribution in [-0.4, -0.2) is 17.7 Å². The Morgan fingerprint density at radius 2 is 2.21 bits per heavy atom. The lowest BCUT2D eigenvalue weighted by molar-refractivity contribution is -0.119. The molecule has 1 atom stereocenters. The summed E-state index contributed by atoms with van der Waals surface area (Å²) < 4.78 is 13.4. The van der Waals surface area contributed by atoms with Gasteiger partial charge in [-0.25, -0.2) is 4.39 Å². The van der Waals surface area contributed by atoms with Crippen LogP contribution in [0.25, 0.3) is 0 Å². The summed E-state index contributed by atoms with van der Waals surface area (Å²) in [6, 6.07) is 6.83. The van der Waals surface area contributed by atoms with Crippen LogP contribution in [0, 0.1) is 11.2 Å². The first-order chi connectivity index (χ1) is 8.96. The van der Waals surface area contributed by atoms with Gasteiger partial charge in [0.05, 0.1) is 5.75 Å². The number of hydrogen-bond donors (Lipinski definition) is 1. The number of nitrogens with one attached hydrogen (secondary N) is 1. The van der Waals surface area contributed by atoms with Crippen molar-refractivity contribution in [1.82, 2.24) is 5.32 Å². The van der Waals surface area contributed by atoms with Gasteiger partial charge < -0.3 is 5.32 Å².